The molecule has 0 unspecified atom stereocenters. The number of nitriles is 1. The van der Waals surface area contributed by atoms with Crippen molar-refractivity contribution in [2.24, 2.45) is 0 Å². The quantitative estimate of drug-likeness (QED) is 0.585. The second kappa shape index (κ2) is 6.44. The summed E-state index contributed by atoms with van der Waals surface area (Å²) < 4.78 is 16.0. The molecule has 0 spiro atoms. The average molecular weight is 375 g/mol. The summed E-state index contributed by atoms with van der Waals surface area (Å²) in [6.45, 7) is 3.22. The van der Waals surface area contributed by atoms with Crippen molar-refractivity contribution in [3.8, 4) is 28.6 Å². The van der Waals surface area contributed by atoms with E-state index in [9.17, 15) is 14.8 Å². The number of nitrogens with zero attached hydrogens (tertiary/aromatic N) is 7. The Bertz CT molecular complexity index is 1240. The molecule has 28 heavy (non-hydrogen) atoms. The molecule has 0 radical (unpaired) electrons. The van der Waals surface area contributed by atoms with Crippen LogP contribution in [-0.4, -0.2) is 34.7 Å². The van der Waals surface area contributed by atoms with E-state index in [0.29, 0.717) is 22.7 Å². The van der Waals surface area contributed by atoms with Crippen LogP contribution in [0.5, 0.6) is 0 Å². The monoisotopic (exact) mass is 375 g/mol. The van der Waals surface area contributed by atoms with Crippen molar-refractivity contribution in [2.75, 3.05) is 0 Å². The molecule has 0 bridgehead atoms. The Labute approximate surface area is 159 Å². The minimum atomic E-state index is -1.15. The number of hydrogen-bond acceptors (Lipinski definition) is 7. The minimum absolute atomic E-state index is 0.173. The molecule has 0 saturated heterocycles. The summed E-state index contributed by atoms with van der Waals surface area (Å²) in [5.74, 6) is -0.205. The zero-order valence-corrected chi connectivity index (χ0v) is 15.0. The largest absolute Gasteiger partial charge is 0.384 e. The van der Waals surface area contributed by atoms with Crippen LogP contribution in [0.1, 0.15) is 25.1 Å². The molecule has 0 atom stereocenters. The first-order valence-corrected chi connectivity index (χ1v) is 8.32. The Balaban J connectivity index is 1.86. The van der Waals surface area contributed by atoms with E-state index in [4.69, 9.17) is 0 Å². The van der Waals surface area contributed by atoms with Crippen LogP contribution >= 0.6 is 0 Å². The lowest BCUT2D eigenvalue weighted by atomic mass is 10.0. The number of hydrogen-bond donors (Lipinski definition) is 1. The van der Waals surface area contributed by atoms with Gasteiger partial charge in [-0.2, -0.15) is 14.9 Å². The molecule has 3 aromatic heterocycles. The predicted molar refractivity (Wildman–Crippen MR) is 97.2 cm³/mol. The van der Waals surface area contributed by atoms with Crippen LogP contribution in [0.15, 0.2) is 43.1 Å². The molecule has 8 nitrogen and oxygen atoms in total. The van der Waals surface area contributed by atoms with Gasteiger partial charge in [-0.25, -0.2) is 24.3 Å². The molecule has 3 heterocycles. The third-order valence-corrected chi connectivity index (χ3v) is 4.21. The van der Waals surface area contributed by atoms with Crippen LogP contribution < -0.4 is 0 Å². The number of benzene rings is 1. The molecule has 0 amide bonds. The van der Waals surface area contributed by atoms with Gasteiger partial charge in [0.05, 0.1) is 35.0 Å². The SMILES string of the molecule is CC(C)(O)c1cnn2c(-c3ccc(F)c(-c4ncncc4C#N)c3)cnc2n1. The first-order valence-electron chi connectivity index (χ1n) is 8.32. The van der Waals surface area contributed by atoms with Gasteiger partial charge in [0, 0.05) is 17.3 Å². The van der Waals surface area contributed by atoms with Crippen LogP contribution in [0.3, 0.4) is 0 Å². The fraction of sp³-hybridized carbons (Fsp3) is 0.158. The van der Waals surface area contributed by atoms with Gasteiger partial charge in [0.15, 0.2) is 0 Å². The summed E-state index contributed by atoms with van der Waals surface area (Å²) in [6.07, 6.45) is 5.62. The lowest BCUT2D eigenvalue weighted by molar-refractivity contribution is 0.0734. The Morgan fingerprint density at radius 3 is 2.75 bits per heavy atom. The van der Waals surface area contributed by atoms with E-state index in [2.05, 4.69) is 25.0 Å². The molecule has 9 heteroatoms. The summed E-state index contributed by atoms with van der Waals surface area (Å²) in [5, 5.41) is 23.6. The van der Waals surface area contributed by atoms with Crippen molar-refractivity contribution in [1.82, 2.24) is 29.5 Å². The Morgan fingerprint density at radius 1 is 1.18 bits per heavy atom. The van der Waals surface area contributed by atoms with Crippen LogP contribution in [0.4, 0.5) is 4.39 Å². The highest BCUT2D eigenvalue weighted by atomic mass is 19.1. The van der Waals surface area contributed by atoms with E-state index in [1.165, 1.54) is 29.3 Å². The van der Waals surface area contributed by atoms with E-state index < -0.39 is 11.4 Å². The first kappa shape index (κ1) is 17.6. The molecule has 1 aromatic carbocycles. The number of aromatic nitrogens is 6. The molecular formula is C19H14FN7O. The molecule has 4 rings (SSSR count). The van der Waals surface area contributed by atoms with Gasteiger partial charge in [-0.1, -0.05) is 0 Å². The van der Waals surface area contributed by atoms with Gasteiger partial charge in [-0.3, -0.25) is 0 Å². The molecule has 0 fully saturated rings. The molecule has 0 aliphatic carbocycles. The maximum absolute atomic E-state index is 14.5. The maximum atomic E-state index is 14.5. The molecule has 1 N–H and O–H groups in total. The maximum Gasteiger partial charge on any atom is 0.251 e. The zero-order chi connectivity index (χ0) is 19.9. The molecule has 0 aliphatic heterocycles. The number of fused-ring (bicyclic) bond motifs is 1. The number of aliphatic hydroxyl groups is 1. The number of halogens is 1. The molecule has 138 valence electrons. The van der Waals surface area contributed by atoms with Gasteiger partial charge in [0.1, 0.15) is 23.8 Å². The van der Waals surface area contributed by atoms with Gasteiger partial charge in [-0.05, 0) is 32.0 Å². The molecule has 4 aromatic rings. The van der Waals surface area contributed by atoms with Crippen LogP contribution in [-0.2, 0) is 5.60 Å². The van der Waals surface area contributed by atoms with Crippen molar-refractivity contribution in [3.05, 3.63) is 60.2 Å². The summed E-state index contributed by atoms with van der Waals surface area (Å²) in [6, 6.07) is 6.43. The normalized spacial score (nSPS) is 11.5. The second-order valence-corrected chi connectivity index (χ2v) is 6.65. The van der Waals surface area contributed by atoms with Gasteiger partial charge < -0.3 is 5.11 Å². The Hall–Kier alpha value is -3.77. The van der Waals surface area contributed by atoms with Crippen molar-refractivity contribution < 1.29 is 9.50 Å². The highest BCUT2D eigenvalue weighted by molar-refractivity contribution is 5.73. The van der Waals surface area contributed by atoms with E-state index >= 15 is 0 Å². The lowest BCUT2D eigenvalue weighted by Crippen LogP contribution is -2.19. The van der Waals surface area contributed by atoms with E-state index in [1.54, 1.807) is 32.2 Å². The summed E-state index contributed by atoms with van der Waals surface area (Å²) in [4.78, 5) is 16.4. The van der Waals surface area contributed by atoms with E-state index in [-0.39, 0.29) is 16.8 Å². The summed E-state index contributed by atoms with van der Waals surface area (Å²) in [5.41, 5.74) is 0.997. The van der Waals surface area contributed by atoms with E-state index in [0.717, 1.165) is 0 Å². The molecule has 0 saturated carbocycles. The van der Waals surface area contributed by atoms with Crippen molar-refractivity contribution in [3.63, 3.8) is 0 Å². The fourth-order valence-corrected chi connectivity index (χ4v) is 2.76. The average Bonchev–Trinajstić information content (AvgIpc) is 3.11. The highest BCUT2D eigenvalue weighted by Gasteiger charge is 2.21. The van der Waals surface area contributed by atoms with Crippen LogP contribution in [0.2, 0.25) is 0 Å². The van der Waals surface area contributed by atoms with Gasteiger partial charge in [0.2, 0.25) is 0 Å². The summed E-state index contributed by atoms with van der Waals surface area (Å²) in [7, 11) is 0. The first-order chi connectivity index (χ1) is 13.4. The number of imidazole rings is 1. The van der Waals surface area contributed by atoms with Gasteiger partial charge in [-0.15, -0.1) is 0 Å². The number of rotatable bonds is 3. The third-order valence-electron chi connectivity index (χ3n) is 4.21. The second-order valence-electron chi connectivity index (χ2n) is 6.65. The van der Waals surface area contributed by atoms with Crippen molar-refractivity contribution >= 4 is 5.78 Å². The van der Waals surface area contributed by atoms with Gasteiger partial charge in [0.25, 0.3) is 5.78 Å². The third kappa shape index (κ3) is 2.95. The summed E-state index contributed by atoms with van der Waals surface area (Å²) >= 11 is 0. The zero-order valence-electron chi connectivity index (χ0n) is 15.0. The Morgan fingerprint density at radius 2 is 2.00 bits per heavy atom. The smallest absolute Gasteiger partial charge is 0.251 e. The molecule has 0 aliphatic rings. The van der Waals surface area contributed by atoms with Crippen molar-refractivity contribution in [1.29, 1.82) is 5.26 Å². The topological polar surface area (TPSA) is 113 Å². The van der Waals surface area contributed by atoms with Gasteiger partial charge >= 0.3 is 0 Å². The van der Waals surface area contributed by atoms with E-state index in [1.807, 2.05) is 6.07 Å². The predicted octanol–water partition coefficient (Wildman–Crippen LogP) is 2.49. The highest BCUT2D eigenvalue weighted by Crippen LogP contribution is 2.29. The van der Waals surface area contributed by atoms with Crippen molar-refractivity contribution in [2.45, 2.75) is 19.4 Å². The standard InChI is InChI=1S/C19H14FN7O/c1-19(2,28)16-9-25-27-15(8-23-18(27)26-16)11-3-4-14(20)13(5-11)17-12(6-21)7-22-10-24-17/h3-5,7-10,28H,1-2H3. The fourth-order valence-electron chi connectivity index (χ4n) is 2.76. The van der Waals surface area contributed by atoms with Crippen LogP contribution in [0, 0.1) is 17.1 Å². The Kier molecular flexibility index (Phi) is 4.05. The lowest BCUT2D eigenvalue weighted by Gasteiger charge is -2.15. The molecular weight excluding hydrogens is 361 g/mol. The van der Waals surface area contributed by atoms with Crippen LogP contribution in [0.25, 0.3) is 28.3 Å². The minimum Gasteiger partial charge on any atom is -0.384 e.